The lowest BCUT2D eigenvalue weighted by atomic mass is 10.0. The molecular formula is C10H10BrNO3. The highest BCUT2D eigenvalue weighted by molar-refractivity contribution is 9.10. The van der Waals surface area contributed by atoms with Crippen LogP contribution in [0.5, 0.6) is 5.75 Å². The summed E-state index contributed by atoms with van der Waals surface area (Å²) in [7, 11) is 0. The van der Waals surface area contributed by atoms with Crippen molar-refractivity contribution in [2.75, 3.05) is 6.61 Å². The molecule has 0 aliphatic carbocycles. The Labute approximate surface area is 95.5 Å². The summed E-state index contributed by atoms with van der Waals surface area (Å²) >= 11 is 3.36. The Morgan fingerprint density at radius 1 is 1.60 bits per heavy atom. The molecule has 4 nitrogen and oxygen atoms in total. The maximum atomic E-state index is 10.6. The lowest BCUT2D eigenvalue weighted by Crippen LogP contribution is -2.32. The Bertz CT molecular complexity index is 394. The van der Waals surface area contributed by atoms with Gasteiger partial charge in [-0.1, -0.05) is 22.0 Å². The van der Waals surface area contributed by atoms with Crippen LogP contribution in [0.15, 0.2) is 22.7 Å². The van der Waals surface area contributed by atoms with Crippen LogP contribution in [-0.2, 0) is 11.2 Å². The Kier molecular flexibility index (Phi) is 2.81. The molecule has 1 aromatic rings. The summed E-state index contributed by atoms with van der Waals surface area (Å²) in [4.78, 5) is 10.6. The van der Waals surface area contributed by atoms with Gasteiger partial charge in [-0.3, -0.25) is 0 Å². The normalized spacial score (nSPS) is 18.9. The maximum Gasteiger partial charge on any atom is 0.404 e. The minimum atomic E-state index is -0.760. The van der Waals surface area contributed by atoms with Crippen molar-refractivity contribution in [3.8, 4) is 5.75 Å². The molecule has 0 bridgehead atoms. The van der Waals surface area contributed by atoms with Crippen molar-refractivity contribution in [1.29, 1.82) is 0 Å². The number of carbonyl (C=O) groups is 1. The SMILES string of the molecule is NC(=O)O[C@H]1COc2cc(Br)ccc2C1. The van der Waals surface area contributed by atoms with E-state index in [0.29, 0.717) is 13.0 Å². The number of hydrogen-bond acceptors (Lipinski definition) is 3. The third kappa shape index (κ3) is 2.41. The number of nitrogens with two attached hydrogens (primary N) is 1. The van der Waals surface area contributed by atoms with Crippen LogP contribution in [0.4, 0.5) is 4.79 Å². The molecule has 0 saturated heterocycles. The molecule has 2 rings (SSSR count). The molecule has 1 atom stereocenters. The molecule has 1 amide bonds. The number of halogens is 1. The number of ether oxygens (including phenoxy) is 2. The van der Waals surface area contributed by atoms with Crippen LogP contribution >= 0.6 is 15.9 Å². The third-order valence-electron chi connectivity index (χ3n) is 2.18. The number of amides is 1. The van der Waals surface area contributed by atoms with Gasteiger partial charge in [-0.15, -0.1) is 0 Å². The highest BCUT2D eigenvalue weighted by atomic mass is 79.9. The quantitative estimate of drug-likeness (QED) is 0.848. The number of fused-ring (bicyclic) bond motifs is 1. The molecule has 15 heavy (non-hydrogen) atoms. The average molecular weight is 272 g/mol. The van der Waals surface area contributed by atoms with Crippen LogP contribution < -0.4 is 10.5 Å². The maximum absolute atomic E-state index is 10.6. The summed E-state index contributed by atoms with van der Waals surface area (Å²) in [5.74, 6) is 0.827. The number of benzene rings is 1. The van der Waals surface area contributed by atoms with Crippen molar-refractivity contribution in [1.82, 2.24) is 0 Å². The Morgan fingerprint density at radius 2 is 2.40 bits per heavy atom. The van der Waals surface area contributed by atoms with E-state index in [0.717, 1.165) is 15.8 Å². The molecule has 0 aromatic heterocycles. The standard InChI is InChI=1S/C10H10BrNO3/c11-7-2-1-6-3-8(15-10(12)13)5-14-9(6)4-7/h1-2,4,8H,3,5H2,(H2,12,13)/t8-/m1/s1. The molecule has 0 fully saturated rings. The topological polar surface area (TPSA) is 61.6 Å². The van der Waals surface area contributed by atoms with Gasteiger partial charge in [0.1, 0.15) is 18.5 Å². The van der Waals surface area contributed by atoms with Crippen LogP contribution in [0.3, 0.4) is 0 Å². The summed E-state index contributed by atoms with van der Waals surface area (Å²) in [6.45, 7) is 0.354. The fourth-order valence-corrected chi connectivity index (χ4v) is 1.90. The van der Waals surface area contributed by atoms with Gasteiger partial charge in [-0.25, -0.2) is 4.79 Å². The molecular weight excluding hydrogens is 262 g/mol. The van der Waals surface area contributed by atoms with Gasteiger partial charge in [-0.2, -0.15) is 0 Å². The highest BCUT2D eigenvalue weighted by Gasteiger charge is 2.22. The zero-order valence-corrected chi connectivity index (χ0v) is 9.49. The smallest absolute Gasteiger partial charge is 0.404 e. The van der Waals surface area contributed by atoms with Crippen molar-refractivity contribution >= 4 is 22.0 Å². The molecule has 1 aliphatic rings. The lowest BCUT2D eigenvalue weighted by molar-refractivity contribution is 0.0616. The molecule has 0 radical (unpaired) electrons. The predicted molar refractivity (Wildman–Crippen MR) is 57.8 cm³/mol. The van der Waals surface area contributed by atoms with E-state index in [-0.39, 0.29) is 6.10 Å². The van der Waals surface area contributed by atoms with Gasteiger partial charge in [0, 0.05) is 10.9 Å². The molecule has 0 spiro atoms. The molecule has 2 N–H and O–H groups in total. The van der Waals surface area contributed by atoms with Crippen molar-refractivity contribution < 1.29 is 14.3 Å². The summed E-state index contributed by atoms with van der Waals surface area (Å²) in [6, 6.07) is 5.76. The van der Waals surface area contributed by atoms with E-state index in [1.165, 1.54) is 0 Å². The summed E-state index contributed by atoms with van der Waals surface area (Å²) in [5, 5.41) is 0. The number of carbonyl (C=O) groups excluding carboxylic acids is 1. The Balaban J connectivity index is 2.13. The molecule has 1 aliphatic heterocycles. The highest BCUT2D eigenvalue weighted by Crippen LogP contribution is 2.28. The second kappa shape index (κ2) is 4.10. The van der Waals surface area contributed by atoms with Crippen LogP contribution in [0, 0.1) is 0 Å². The third-order valence-corrected chi connectivity index (χ3v) is 2.68. The van der Waals surface area contributed by atoms with E-state index >= 15 is 0 Å². The van der Waals surface area contributed by atoms with Gasteiger partial charge >= 0.3 is 6.09 Å². The number of rotatable bonds is 1. The first-order valence-electron chi connectivity index (χ1n) is 4.52. The largest absolute Gasteiger partial charge is 0.489 e. The second-order valence-corrected chi connectivity index (χ2v) is 4.24. The number of primary amides is 1. The van der Waals surface area contributed by atoms with E-state index in [2.05, 4.69) is 15.9 Å². The molecule has 1 heterocycles. The van der Waals surface area contributed by atoms with Crippen molar-refractivity contribution in [2.24, 2.45) is 5.73 Å². The zero-order chi connectivity index (χ0) is 10.8. The fraction of sp³-hybridized carbons (Fsp3) is 0.300. The summed E-state index contributed by atoms with van der Waals surface area (Å²) < 4.78 is 11.3. The minimum absolute atomic E-state index is 0.281. The lowest BCUT2D eigenvalue weighted by Gasteiger charge is -2.24. The van der Waals surface area contributed by atoms with Gasteiger partial charge in [-0.05, 0) is 17.7 Å². The Hall–Kier alpha value is -1.23. The van der Waals surface area contributed by atoms with Crippen LogP contribution in [0.25, 0.3) is 0 Å². The fourth-order valence-electron chi connectivity index (χ4n) is 1.56. The van der Waals surface area contributed by atoms with E-state index in [9.17, 15) is 4.79 Å². The first-order valence-corrected chi connectivity index (χ1v) is 5.32. The second-order valence-electron chi connectivity index (χ2n) is 3.33. The van der Waals surface area contributed by atoms with Gasteiger partial charge < -0.3 is 15.2 Å². The van der Waals surface area contributed by atoms with Crippen LogP contribution in [0.2, 0.25) is 0 Å². The van der Waals surface area contributed by atoms with Gasteiger partial charge in [0.15, 0.2) is 0 Å². The van der Waals surface area contributed by atoms with E-state index in [4.69, 9.17) is 15.2 Å². The first kappa shape index (κ1) is 10.3. The molecule has 1 aromatic carbocycles. The predicted octanol–water partition coefficient (Wildman–Crippen LogP) is 1.85. The van der Waals surface area contributed by atoms with E-state index < -0.39 is 6.09 Å². The van der Waals surface area contributed by atoms with Gasteiger partial charge in [0.2, 0.25) is 0 Å². The van der Waals surface area contributed by atoms with Gasteiger partial charge in [0.25, 0.3) is 0 Å². The zero-order valence-electron chi connectivity index (χ0n) is 7.90. The average Bonchev–Trinajstić information content (AvgIpc) is 2.17. The monoisotopic (exact) mass is 271 g/mol. The summed E-state index contributed by atoms with van der Waals surface area (Å²) in [6.07, 6.45) is -0.397. The number of hydrogen-bond donors (Lipinski definition) is 1. The van der Waals surface area contributed by atoms with Crippen LogP contribution in [-0.4, -0.2) is 18.8 Å². The minimum Gasteiger partial charge on any atom is -0.489 e. The van der Waals surface area contributed by atoms with Crippen LogP contribution in [0.1, 0.15) is 5.56 Å². The van der Waals surface area contributed by atoms with Crippen molar-refractivity contribution in [3.05, 3.63) is 28.2 Å². The molecule has 80 valence electrons. The van der Waals surface area contributed by atoms with Crippen molar-refractivity contribution in [3.63, 3.8) is 0 Å². The Morgan fingerprint density at radius 3 is 3.13 bits per heavy atom. The van der Waals surface area contributed by atoms with E-state index in [1.54, 1.807) is 0 Å². The van der Waals surface area contributed by atoms with Crippen molar-refractivity contribution in [2.45, 2.75) is 12.5 Å². The molecule has 0 saturated carbocycles. The van der Waals surface area contributed by atoms with Gasteiger partial charge in [0.05, 0.1) is 0 Å². The molecule has 5 heteroatoms. The first-order chi connectivity index (χ1) is 7.15. The molecule has 0 unspecified atom stereocenters. The van der Waals surface area contributed by atoms with E-state index in [1.807, 2.05) is 18.2 Å². The summed E-state index contributed by atoms with van der Waals surface area (Å²) in [5.41, 5.74) is 5.97.